The molecule has 1 atom stereocenters. The van der Waals surface area contributed by atoms with E-state index in [9.17, 15) is 34.8 Å². The molecule has 1 aliphatic heterocycles. The molecule has 0 saturated heterocycles. The van der Waals surface area contributed by atoms with E-state index in [4.69, 9.17) is 13.9 Å². The SMILES string of the molecule is COC(=O)COc1ccccc1[C@@H]1CC(=O)Oc2cc(O)c3c(=O)c(O)c(-c4ccc(O)c(O)c4)oc3c21. The van der Waals surface area contributed by atoms with Gasteiger partial charge in [0.25, 0.3) is 0 Å². The summed E-state index contributed by atoms with van der Waals surface area (Å²) in [6, 6.07) is 11.2. The summed E-state index contributed by atoms with van der Waals surface area (Å²) in [5, 5.41) is 40.5. The van der Waals surface area contributed by atoms with E-state index in [-0.39, 0.29) is 45.8 Å². The highest BCUT2D eigenvalue weighted by Crippen LogP contribution is 2.48. The van der Waals surface area contributed by atoms with Crippen LogP contribution in [0.15, 0.2) is 57.7 Å². The number of fused-ring (bicyclic) bond motifs is 3. The van der Waals surface area contributed by atoms with Crippen molar-refractivity contribution in [3.63, 3.8) is 0 Å². The molecule has 0 bridgehead atoms. The van der Waals surface area contributed by atoms with Crippen LogP contribution in [0.2, 0.25) is 0 Å². The number of aromatic hydroxyl groups is 4. The Hall–Kier alpha value is -5.19. The molecule has 11 heteroatoms. The van der Waals surface area contributed by atoms with Crippen LogP contribution in [0.4, 0.5) is 0 Å². The minimum Gasteiger partial charge on any atom is -0.507 e. The molecule has 0 fully saturated rings. The minimum absolute atomic E-state index is 0.0556. The lowest BCUT2D eigenvalue weighted by atomic mass is 9.84. The Balaban J connectivity index is 1.78. The Morgan fingerprint density at radius 1 is 1.00 bits per heavy atom. The number of carbonyl (C=O) groups is 2. The zero-order valence-corrected chi connectivity index (χ0v) is 19.8. The monoisotopic (exact) mass is 520 g/mol. The van der Waals surface area contributed by atoms with Gasteiger partial charge in [0.15, 0.2) is 23.9 Å². The number of benzene rings is 3. The Morgan fingerprint density at radius 2 is 1.76 bits per heavy atom. The highest BCUT2D eigenvalue weighted by atomic mass is 16.6. The summed E-state index contributed by atoms with van der Waals surface area (Å²) in [6.45, 7) is -0.398. The van der Waals surface area contributed by atoms with Gasteiger partial charge in [0.2, 0.25) is 11.2 Å². The highest BCUT2D eigenvalue weighted by Gasteiger charge is 2.36. The van der Waals surface area contributed by atoms with Gasteiger partial charge in [-0.05, 0) is 24.3 Å². The maximum Gasteiger partial charge on any atom is 0.343 e. The van der Waals surface area contributed by atoms with Gasteiger partial charge >= 0.3 is 11.9 Å². The van der Waals surface area contributed by atoms with Crippen molar-refractivity contribution in [1.82, 2.24) is 0 Å². The summed E-state index contributed by atoms with van der Waals surface area (Å²) < 4.78 is 21.6. The molecule has 5 rings (SSSR count). The van der Waals surface area contributed by atoms with Crippen LogP contribution in [0.3, 0.4) is 0 Å². The van der Waals surface area contributed by atoms with Gasteiger partial charge in [-0.3, -0.25) is 9.59 Å². The molecule has 1 aromatic heterocycles. The van der Waals surface area contributed by atoms with Gasteiger partial charge in [0, 0.05) is 28.7 Å². The second-order valence-corrected chi connectivity index (χ2v) is 8.46. The quantitative estimate of drug-likeness (QED) is 0.173. The van der Waals surface area contributed by atoms with E-state index in [1.54, 1.807) is 24.3 Å². The molecule has 0 spiro atoms. The van der Waals surface area contributed by atoms with Crippen molar-refractivity contribution < 1.29 is 48.6 Å². The van der Waals surface area contributed by atoms with E-state index in [1.807, 2.05) is 0 Å². The topological polar surface area (TPSA) is 173 Å². The zero-order valence-electron chi connectivity index (χ0n) is 19.8. The largest absolute Gasteiger partial charge is 0.507 e. The smallest absolute Gasteiger partial charge is 0.343 e. The maximum absolute atomic E-state index is 13.2. The summed E-state index contributed by atoms with van der Waals surface area (Å²) in [5.41, 5.74) is -0.417. The van der Waals surface area contributed by atoms with Gasteiger partial charge in [0.1, 0.15) is 28.2 Å². The van der Waals surface area contributed by atoms with Crippen LogP contribution < -0.4 is 14.9 Å². The Bertz CT molecular complexity index is 1670. The number of hydrogen-bond acceptors (Lipinski definition) is 11. The van der Waals surface area contributed by atoms with Gasteiger partial charge in [0.05, 0.1) is 13.5 Å². The lowest BCUT2D eigenvalue weighted by Crippen LogP contribution is -2.23. The molecule has 2 heterocycles. The second-order valence-electron chi connectivity index (χ2n) is 8.46. The van der Waals surface area contributed by atoms with Crippen LogP contribution in [-0.4, -0.2) is 46.1 Å². The zero-order chi connectivity index (χ0) is 27.1. The van der Waals surface area contributed by atoms with Gasteiger partial charge in [-0.1, -0.05) is 18.2 Å². The van der Waals surface area contributed by atoms with Gasteiger partial charge in [-0.15, -0.1) is 0 Å². The number of phenolic OH excluding ortho intramolecular Hbond substituents is 3. The average molecular weight is 520 g/mol. The summed E-state index contributed by atoms with van der Waals surface area (Å²) >= 11 is 0. The number of phenols is 3. The van der Waals surface area contributed by atoms with Crippen molar-refractivity contribution in [3.8, 4) is 45.8 Å². The molecule has 11 nitrogen and oxygen atoms in total. The van der Waals surface area contributed by atoms with Crippen molar-refractivity contribution in [2.45, 2.75) is 12.3 Å². The van der Waals surface area contributed by atoms with E-state index < -0.39 is 52.9 Å². The predicted molar refractivity (Wildman–Crippen MR) is 131 cm³/mol. The van der Waals surface area contributed by atoms with Crippen molar-refractivity contribution in [1.29, 1.82) is 0 Å². The third kappa shape index (κ3) is 4.09. The molecule has 0 saturated carbocycles. The number of esters is 2. The molecule has 4 N–H and O–H groups in total. The molecule has 38 heavy (non-hydrogen) atoms. The number of hydrogen-bond donors (Lipinski definition) is 4. The lowest BCUT2D eigenvalue weighted by molar-refractivity contribution is -0.143. The van der Waals surface area contributed by atoms with Crippen molar-refractivity contribution in [3.05, 3.63) is 69.9 Å². The lowest BCUT2D eigenvalue weighted by Gasteiger charge is -2.27. The molecule has 0 aliphatic carbocycles. The fourth-order valence-corrected chi connectivity index (χ4v) is 4.40. The normalized spacial score (nSPS) is 14.6. The fraction of sp³-hybridized carbons (Fsp3) is 0.148. The van der Waals surface area contributed by atoms with E-state index in [2.05, 4.69) is 4.74 Å². The Morgan fingerprint density at radius 3 is 2.50 bits per heavy atom. The first-order valence-electron chi connectivity index (χ1n) is 11.3. The van der Waals surface area contributed by atoms with Gasteiger partial charge in [-0.25, -0.2) is 4.79 Å². The first-order chi connectivity index (χ1) is 18.2. The van der Waals surface area contributed by atoms with Crippen LogP contribution in [0.1, 0.15) is 23.5 Å². The molecule has 3 aromatic carbocycles. The molecule has 194 valence electrons. The van der Waals surface area contributed by atoms with E-state index in [1.165, 1.54) is 13.2 Å². The Kier molecular flexibility index (Phi) is 6.03. The van der Waals surface area contributed by atoms with Crippen molar-refractivity contribution in [2.75, 3.05) is 13.7 Å². The van der Waals surface area contributed by atoms with E-state index in [0.29, 0.717) is 5.56 Å². The molecule has 4 aromatic rings. The minimum atomic E-state index is -0.972. The number of rotatable bonds is 5. The van der Waals surface area contributed by atoms with Crippen LogP contribution in [0.25, 0.3) is 22.3 Å². The number of ether oxygens (including phenoxy) is 3. The molecule has 0 radical (unpaired) electrons. The average Bonchev–Trinajstić information content (AvgIpc) is 2.90. The summed E-state index contributed by atoms with van der Waals surface area (Å²) in [5.74, 6) is -4.62. The fourth-order valence-electron chi connectivity index (χ4n) is 4.40. The summed E-state index contributed by atoms with van der Waals surface area (Å²) in [6.07, 6.45) is -0.203. The Labute approximate surface area is 213 Å². The van der Waals surface area contributed by atoms with Gasteiger partial charge in [-0.2, -0.15) is 0 Å². The standard InChI is InChI=1S/C27H20O11/c1-35-21(32)11-36-18-5-3-2-4-13(18)14-9-20(31)37-19-10-17(30)23-24(33)25(34)26(38-27(23)22(14)19)12-6-7-15(28)16(29)8-12/h2-8,10,14,28-30,34H,9,11H2,1H3/t14-/m0/s1. The second kappa shape index (κ2) is 9.36. The first-order valence-corrected chi connectivity index (χ1v) is 11.3. The molecule has 0 unspecified atom stereocenters. The molecular weight excluding hydrogens is 500 g/mol. The van der Waals surface area contributed by atoms with Crippen LogP contribution in [-0.2, 0) is 14.3 Å². The summed E-state index contributed by atoms with van der Waals surface area (Å²) in [4.78, 5) is 37.4. The summed E-state index contributed by atoms with van der Waals surface area (Å²) in [7, 11) is 1.21. The number of carbonyl (C=O) groups excluding carboxylic acids is 2. The van der Waals surface area contributed by atoms with Crippen LogP contribution in [0, 0.1) is 0 Å². The molecule has 1 aliphatic rings. The van der Waals surface area contributed by atoms with Crippen LogP contribution >= 0.6 is 0 Å². The molecule has 0 amide bonds. The number of para-hydroxylation sites is 1. The third-order valence-electron chi connectivity index (χ3n) is 6.17. The van der Waals surface area contributed by atoms with E-state index >= 15 is 0 Å². The van der Waals surface area contributed by atoms with Crippen LogP contribution in [0.5, 0.6) is 34.5 Å². The highest BCUT2D eigenvalue weighted by molar-refractivity contribution is 5.94. The molecular formula is C27H20O11. The van der Waals surface area contributed by atoms with Gasteiger partial charge < -0.3 is 39.1 Å². The first kappa shape index (κ1) is 24.5. The maximum atomic E-state index is 13.2. The third-order valence-corrected chi connectivity index (χ3v) is 6.17. The van der Waals surface area contributed by atoms with E-state index in [0.717, 1.165) is 18.2 Å². The van der Waals surface area contributed by atoms with Crippen molar-refractivity contribution >= 4 is 22.9 Å². The predicted octanol–water partition coefficient (Wildman–Crippen LogP) is 3.28. The van der Waals surface area contributed by atoms with Crippen molar-refractivity contribution in [2.24, 2.45) is 0 Å². The number of methoxy groups -OCH3 is 1.